The van der Waals surface area contributed by atoms with E-state index < -0.39 is 0 Å². The Kier molecular flexibility index (Phi) is 10.8. The lowest BCUT2D eigenvalue weighted by atomic mass is 9.76. The molecule has 1 heteroatoms. The first-order valence-electron chi connectivity index (χ1n) is 8.43. The number of rotatable bonds is 12. The normalized spacial score (nSPS) is 13.8. The Labute approximate surface area is 116 Å². The van der Waals surface area contributed by atoms with E-state index in [-0.39, 0.29) is 5.54 Å². The maximum atomic E-state index is 6.53. The van der Waals surface area contributed by atoms with Crippen molar-refractivity contribution in [3.63, 3.8) is 0 Å². The Morgan fingerprint density at radius 3 is 1.72 bits per heavy atom. The lowest BCUT2D eigenvalue weighted by molar-refractivity contribution is 0.225. The third-order valence-electron chi connectivity index (χ3n) is 4.78. The predicted molar refractivity (Wildman–Crippen MR) is 83.9 cm³/mol. The predicted octanol–water partition coefficient (Wildman–Crippen LogP) is 5.67. The Balaban J connectivity index is 3.74. The molecule has 1 atom stereocenters. The molecule has 2 N–H and O–H groups in total. The third-order valence-corrected chi connectivity index (χ3v) is 4.78. The summed E-state index contributed by atoms with van der Waals surface area (Å²) in [4.78, 5) is 0. The Morgan fingerprint density at radius 1 is 0.778 bits per heavy atom. The fourth-order valence-corrected chi connectivity index (χ4v) is 3.07. The first kappa shape index (κ1) is 18.0. The van der Waals surface area contributed by atoms with Crippen LogP contribution in [-0.4, -0.2) is 5.54 Å². The van der Waals surface area contributed by atoms with Gasteiger partial charge in [0.05, 0.1) is 0 Å². The van der Waals surface area contributed by atoms with E-state index in [4.69, 9.17) is 5.73 Å². The highest BCUT2D eigenvalue weighted by Crippen LogP contribution is 2.30. The van der Waals surface area contributed by atoms with Crippen molar-refractivity contribution in [3.05, 3.63) is 0 Å². The number of unbranched alkanes of at least 4 members (excludes halogenated alkanes) is 6. The Hall–Kier alpha value is -0.0400. The third kappa shape index (κ3) is 6.78. The summed E-state index contributed by atoms with van der Waals surface area (Å²) in [6.45, 7) is 9.08. The monoisotopic (exact) mass is 255 g/mol. The van der Waals surface area contributed by atoms with Gasteiger partial charge in [0, 0.05) is 5.54 Å². The molecule has 0 saturated heterocycles. The smallest absolute Gasteiger partial charge is 0.0177 e. The molecule has 0 rings (SSSR count). The van der Waals surface area contributed by atoms with Crippen LogP contribution in [-0.2, 0) is 0 Å². The maximum Gasteiger partial charge on any atom is 0.0177 e. The highest BCUT2D eigenvalue weighted by atomic mass is 14.7. The minimum absolute atomic E-state index is 0.0942. The highest BCUT2D eigenvalue weighted by Gasteiger charge is 2.29. The summed E-state index contributed by atoms with van der Waals surface area (Å²) in [6.07, 6.45) is 14.7. The molecule has 0 aromatic rings. The molecule has 1 nitrogen and oxygen atoms in total. The van der Waals surface area contributed by atoms with Crippen molar-refractivity contribution in [1.82, 2.24) is 0 Å². The van der Waals surface area contributed by atoms with E-state index in [0.29, 0.717) is 0 Å². The zero-order valence-electron chi connectivity index (χ0n) is 13.4. The van der Waals surface area contributed by atoms with E-state index in [1.54, 1.807) is 0 Å². The van der Waals surface area contributed by atoms with E-state index in [9.17, 15) is 0 Å². The molecule has 0 radical (unpaired) electrons. The Bertz CT molecular complexity index is 172. The molecule has 0 aliphatic heterocycles. The summed E-state index contributed by atoms with van der Waals surface area (Å²) in [5, 5.41) is 0. The molecule has 0 fully saturated rings. The SMILES string of the molecule is CCCCCCCCCC(CC)C(N)(CC)CC. The molecule has 0 amide bonds. The fourth-order valence-electron chi connectivity index (χ4n) is 3.07. The van der Waals surface area contributed by atoms with Crippen LogP contribution in [0.2, 0.25) is 0 Å². The van der Waals surface area contributed by atoms with Gasteiger partial charge in [-0.1, -0.05) is 79.1 Å². The molecule has 0 saturated carbocycles. The van der Waals surface area contributed by atoms with Crippen molar-refractivity contribution < 1.29 is 0 Å². The van der Waals surface area contributed by atoms with Gasteiger partial charge >= 0.3 is 0 Å². The van der Waals surface area contributed by atoms with Gasteiger partial charge in [-0.2, -0.15) is 0 Å². The molecule has 0 heterocycles. The number of hydrogen-bond acceptors (Lipinski definition) is 1. The Morgan fingerprint density at radius 2 is 1.28 bits per heavy atom. The topological polar surface area (TPSA) is 26.0 Å². The first-order chi connectivity index (χ1) is 8.64. The van der Waals surface area contributed by atoms with E-state index in [1.165, 1.54) is 57.8 Å². The molecule has 0 aliphatic rings. The summed E-state index contributed by atoms with van der Waals surface area (Å²) in [6, 6.07) is 0. The van der Waals surface area contributed by atoms with Crippen LogP contribution in [0.5, 0.6) is 0 Å². The van der Waals surface area contributed by atoms with Gasteiger partial charge < -0.3 is 5.73 Å². The molecular weight excluding hydrogens is 218 g/mol. The van der Waals surface area contributed by atoms with Crippen LogP contribution < -0.4 is 5.73 Å². The van der Waals surface area contributed by atoms with Crippen molar-refractivity contribution in [2.75, 3.05) is 0 Å². The van der Waals surface area contributed by atoms with Crippen LogP contribution in [0.25, 0.3) is 0 Å². The lowest BCUT2D eigenvalue weighted by Gasteiger charge is -2.36. The molecule has 0 spiro atoms. The minimum Gasteiger partial charge on any atom is -0.325 e. The van der Waals surface area contributed by atoms with Crippen LogP contribution in [0, 0.1) is 5.92 Å². The summed E-state index contributed by atoms with van der Waals surface area (Å²) >= 11 is 0. The van der Waals surface area contributed by atoms with Gasteiger partial charge in [-0.25, -0.2) is 0 Å². The van der Waals surface area contributed by atoms with Gasteiger partial charge in [0.2, 0.25) is 0 Å². The zero-order chi connectivity index (χ0) is 13.9. The van der Waals surface area contributed by atoms with Crippen LogP contribution in [0.1, 0.15) is 98.3 Å². The fraction of sp³-hybridized carbons (Fsp3) is 1.00. The molecule has 110 valence electrons. The lowest BCUT2D eigenvalue weighted by Crippen LogP contribution is -2.45. The van der Waals surface area contributed by atoms with Crippen molar-refractivity contribution in [3.8, 4) is 0 Å². The number of hydrogen-bond donors (Lipinski definition) is 1. The second kappa shape index (κ2) is 10.8. The van der Waals surface area contributed by atoms with Crippen LogP contribution in [0.4, 0.5) is 0 Å². The molecule has 1 unspecified atom stereocenters. The molecule has 0 aliphatic carbocycles. The van der Waals surface area contributed by atoms with Crippen LogP contribution in [0.3, 0.4) is 0 Å². The quantitative estimate of drug-likeness (QED) is 0.447. The van der Waals surface area contributed by atoms with Gasteiger partial charge in [0.15, 0.2) is 0 Å². The van der Waals surface area contributed by atoms with Crippen LogP contribution in [0.15, 0.2) is 0 Å². The van der Waals surface area contributed by atoms with Gasteiger partial charge in [0.1, 0.15) is 0 Å². The van der Waals surface area contributed by atoms with Crippen molar-refractivity contribution in [2.45, 2.75) is 104 Å². The summed E-state index contributed by atoms with van der Waals surface area (Å²) in [5.41, 5.74) is 6.63. The van der Waals surface area contributed by atoms with Gasteiger partial charge in [0.25, 0.3) is 0 Å². The minimum atomic E-state index is 0.0942. The summed E-state index contributed by atoms with van der Waals surface area (Å²) in [7, 11) is 0. The van der Waals surface area contributed by atoms with Crippen molar-refractivity contribution in [1.29, 1.82) is 0 Å². The summed E-state index contributed by atoms with van der Waals surface area (Å²) < 4.78 is 0. The zero-order valence-corrected chi connectivity index (χ0v) is 13.4. The standard InChI is InChI=1S/C17H37N/c1-5-9-10-11-12-13-14-15-16(6-2)17(18,7-3)8-4/h16H,5-15,18H2,1-4H3. The van der Waals surface area contributed by atoms with E-state index in [0.717, 1.165) is 18.8 Å². The van der Waals surface area contributed by atoms with Gasteiger partial charge in [-0.3, -0.25) is 0 Å². The molecule has 0 aromatic heterocycles. The van der Waals surface area contributed by atoms with E-state index in [2.05, 4.69) is 27.7 Å². The number of nitrogens with two attached hydrogens (primary N) is 1. The second-order valence-electron chi connectivity index (χ2n) is 5.96. The van der Waals surface area contributed by atoms with Gasteiger partial charge in [-0.15, -0.1) is 0 Å². The largest absolute Gasteiger partial charge is 0.325 e. The highest BCUT2D eigenvalue weighted by molar-refractivity contribution is 4.88. The molecular formula is C17H37N. The van der Waals surface area contributed by atoms with Crippen molar-refractivity contribution >= 4 is 0 Å². The molecule has 0 bridgehead atoms. The molecule has 18 heavy (non-hydrogen) atoms. The van der Waals surface area contributed by atoms with Crippen LogP contribution >= 0.6 is 0 Å². The van der Waals surface area contributed by atoms with E-state index >= 15 is 0 Å². The van der Waals surface area contributed by atoms with E-state index in [1.807, 2.05) is 0 Å². The maximum absolute atomic E-state index is 6.53. The molecule has 0 aromatic carbocycles. The second-order valence-corrected chi connectivity index (χ2v) is 5.96. The average molecular weight is 255 g/mol. The first-order valence-corrected chi connectivity index (χ1v) is 8.43. The van der Waals surface area contributed by atoms with Crippen molar-refractivity contribution in [2.24, 2.45) is 11.7 Å². The van der Waals surface area contributed by atoms with Gasteiger partial charge in [-0.05, 0) is 25.2 Å². The summed E-state index contributed by atoms with van der Waals surface area (Å²) in [5.74, 6) is 0.725. The average Bonchev–Trinajstić information content (AvgIpc) is 2.41.